The quantitative estimate of drug-likeness (QED) is 0.249. The number of ketones is 1. The maximum atomic E-state index is 13.2. The van der Waals surface area contributed by atoms with Gasteiger partial charge in [-0.05, 0) is 43.7 Å². The first-order valence-electron chi connectivity index (χ1n) is 9.94. The van der Waals surface area contributed by atoms with E-state index in [0.717, 1.165) is 11.3 Å². The summed E-state index contributed by atoms with van der Waals surface area (Å²) in [5.41, 5.74) is 1.16. The van der Waals surface area contributed by atoms with Crippen molar-refractivity contribution in [2.24, 2.45) is 0 Å². The molecule has 1 atom stereocenters. The van der Waals surface area contributed by atoms with Gasteiger partial charge in [0.2, 0.25) is 0 Å². The Labute approximate surface area is 198 Å². The molecular weight excluding hydrogens is 466 g/mol. The molecule has 0 aliphatic carbocycles. The van der Waals surface area contributed by atoms with Gasteiger partial charge in [-0.15, -0.1) is 0 Å². The minimum atomic E-state index is -0.976. The number of rotatable bonds is 5. The Hall–Kier alpha value is -3.56. The van der Waals surface area contributed by atoms with Crippen LogP contribution in [0.2, 0.25) is 5.02 Å². The monoisotopic (exact) mass is 483 g/mol. The number of Topliss-reactive ketones (excluding diaryl/α,β-unsaturated/α-hetero) is 1. The number of hydrogen-bond donors (Lipinski definition) is 1. The summed E-state index contributed by atoms with van der Waals surface area (Å²) in [6.07, 6.45) is 2.94. The van der Waals surface area contributed by atoms with Gasteiger partial charge in [-0.2, -0.15) is 0 Å². The zero-order valence-corrected chi connectivity index (χ0v) is 19.2. The number of carbonyl (C=O) groups is 3. The number of pyridine rings is 1. The number of anilines is 1. The molecule has 168 valence electrons. The SMILES string of the molecule is CCOC(=O)c1sc(N2C(=O)C(=O)C(=C(O)c3ccncc3)C2c2ccc(Cl)cc2)nc1C. The van der Waals surface area contributed by atoms with Crippen LogP contribution in [0, 0.1) is 6.92 Å². The molecule has 3 aromatic rings. The topological polar surface area (TPSA) is 110 Å². The third-order valence-corrected chi connectivity index (χ3v) is 6.42. The Kier molecular flexibility index (Phi) is 6.26. The molecule has 4 rings (SSSR count). The number of ether oxygens (including phenoxy) is 1. The molecule has 0 bridgehead atoms. The van der Waals surface area contributed by atoms with Gasteiger partial charge >= 0.3 is 11.9 Å². The molecule has 8 nitrogen and oxygen atoms in total. The number of thiazole rings is 1. The van der Waals surface area contributed by atoms with E-state index in [1.165, 1.54) is 29.4 Å². The average Bonchev–Trinajstić information content (AvgIpc) is 3.32. The summed E-state index contributed by atoms with van der Waals surface area (Å²) in [6.45, 7) is 3.50. The fraction of sp³-hybridized carbons (Fsp3) is 0.174. The molecule has 0 radical (unpaired) electrons. The van der Waals surface area contributed by atoms with Gasteiger partial charge in [0.15, 0.2) is 5.13 Å². The van der Waals surface area contributed by atoms with E-state index >= 15 is 0 Å². The zero-order valence-electron chi connectivity index (χ0n) is 17.6. The molecule has 1 aliphatic rings. The second kappa shape index (κ2) is 9.13. The molecule has 33 heavy (non-hydrogen) atoms. The van der Waals surface area contributed by atoms with Crippen LogP contribution in [-0.4, -0.2) is 39.3 Å². The van der Waals surface area contributed by atoms with Crippen LogP contribution in [0.25, 0.3) is 5.76 Å². The summed E-state index contributed by atoms with van der Waals surface area (Å²) in [7, 11) is 0. The predicted octanol–water partition coefficient (Wildman–Crippen LogP) is 4.30. The van der Waals surface area contributed by atoms with E-state index in [-0.39, 0.29) is 27.9 Å². The lowest BCUT2D eigenvalue weighted by atomic mass is 9.96. The number of nitrogens with zero attached hydrogens (tertiary/aromatic N) is 3. The highest BCUT2D eigenvalue weighted by atomic mass is 35.5. The molecule has 1 aromatic carbocycles. The lowest BCUT2D eigenvalue weighted by molar-refractivity contribution is -0.132. The summed E-state index contributed by atoms with van der Waals surface area (Å²) in [4.78, 5) is 48.3. The Morgan fingerprint density at radius 3 is 2.48 bits per heavy atom. The lowest BCUT2D eigenvalue weighted by Crippen LogP contribution is -2.29. The van der Waals surface area contributed by atoms with Gasteiger partial charge in [-0.1, -0.05) is 35.1 Å². The third-order valence-electron chi connectivity index (χ3n) is 5.04. The molecule has 1 N–H and O–H groups in total. The standard InChI is InChI=1S/C23H18ClN3O5S/c1-3-32-22(31)20-12(2)26-23(33-20)27-17(13-4-6-15(24)7-5-13)16(19(29)21(27)30)18(28)14-8-10-25-11-9-14/h4-11,17,28H,3H2,1-2H3. The molecule has 2 aromatic heterocycles. The molecule has 1 amide bonds. The van der Waals surface area contributed by atoms with Crippen molar-refractivity contribution in [3.8, 4) is 0 Å². The van der Waals surface area contributed by atoms with Crippen LogP contribution >= 0.6 is 22.9 Å². The predicted molar refractivity (Wildman–Crippen MR) is 123 cm³/mol. The number of aromatic nitrogens is 2. The van der Waals surface area contributed by atoms with Gasteiger partial charge in [0.1, 0.15) is 10.6 Å². The van der Waals surface area contributed by atoms with Crippen molar-refractivity contribution in [1.29, 1.82) is 0 Å². The molecule has 0 saturated carbocycles. The number of aryl methyl sites for hydroxylation is 1. The molecule has 0 spiro atoms. The van der Waals surface area contributed by atoms with Crippen molar-refractivity contribution >= 4 is 51.5 Å². The number of carbonyl (C=O) groups excluding carboxylic acids is 3. The van der Waals surface area contributed by atoms with E-state index in [1.807, 2.05) is 0 Å². The fourth-order valence-corrected chi connectivity index (χ4v) is 4.64. The minimum absolute atomic E-state index is 0.0981. The van der Waals surface area contributed by atoms with E-state index in [4.69, 9.17) is 16.3 Å². The summed E-state index contributed by atoms with van der Waals surface area (Å²) in [5, 5.41) is 11.6. The summed E-state index contributed by atoms with van der Waals surface area (Å²) in [5.74, 6) is -2.63. The number of aliphatic hydroxyl groups is 1. The number of aliphatic hydroxyl groups excluding tert-OH is 1. The number of halogens is 1. The summed E-state index contributed by atoms with van der Waals surface area (Å²) < 4.78 is 5.07. The number of amides is 1. The fourth-order valence-electron chi connectivity index (χ4n) is 3.53. The molecule has 3 heterocycles. The van der Waals surface area contributed by atoms with Crippen LogP contribution in [0.1, 0.15) is 39.5 Å². The Morgan fingerprint density at radius 2 is 1.85 bits per heavy atom. The zero-order chi connectivity index (χ0) is 23.7. The van der Waals surface area contributed by atoms with E-state index in [9.17, 15) is 19.5 Å². The van der Waals surface area contributed by atoms with Gasteiger partial charge in [-0.25, -0.2) is 9.78 Å². The van der Waals surface area contributed by atoms with Crippen LogP contribution in [0.15, 0.2) is 54.4 Å². The second-order valence-electron chi connectivity index (χ2n) is 7.09. The Balaban J connectivity index is 1.90. The maximum absolute atomic E-state index is 13.2. The van der Waals surface area contributed by atoms with E-state index < -0.39 is 23.7 Å². The Morgan fingerprint density at radius 1 is 1.18 bits per heavy atom. The maximum Gasteiger partial charge on any atom is 0.350 e. The highest BCUT2D eigenvalue weighted by Gasteiger charge is 2.48. The third kappa shape index (κ3) is 4.12. The van der Waals surface area contributed by atoms with Crippen molar-refractivity contribution < 1.29 is 24.2 Å². The lowest BCUT2D eigenvalue weighted by Gasteiger charge is -2.23. The molecule has 10 heteroatoms. The van der Waals surface area contributed by atoms with Crippen LogP contribution < -0.4 is 4.90 Å². The van der Waals surface area contributed by atoms with E-state index in [2.05, 4.69) is 9.97 Å². The highest BCUT2D eigenvalue weighted by molar-refractivity contribution is 7.17. The second-order valence-corrected chi connectivity index (χ2v) is 8.50. The smallest absolute Gasteiger partial charge is 0.350 e. The van der Waals surface area contributed by atoms with Crippen molar-refractivity contribution in [3.63, 3.8) is 0 Å². The Bertz CT molecular complexity index is 1270. The highest BCUT2D eigenvalue weighted by Crippen LogP contribution is 2.44. The number of hydrogen-bond acceptors (Lipinski definition) is 8. The van der Waals surface area contributed by atoms with Crippen molar-refractivity contribution in [2.75, 3.05) is 11.5 Å². The van der Waals surface area contributed by atoms with Gasteiger partial charge < -0.3 is 9.84 Å². The molecule has 1 aliphatic heterocycles. The van der Waals surface area contributed by atoms with Gasteiger partial charge in [0.25, 0.3) is 5.78 Å². The molecule has 1 unspecified atom stereocenters. The van der Waals surface area contributed by atoms with Crippen molar-refractivity contribution in [3.05, 3.63) is 81.1 Å². The van der Waals surface area contributed by atoms with Crippen molar-refractivity contribution in [2.45, 2.75) is 19.9 Å². The largest absolute Gasteiger partial charge is 0.507 e. The number of benzene rings is 1. The average molecular weight is 484 g/mol. The van der Waals surface area contributed by atoms with Gasteiger partial charge in [0, 0.05) is 23.0 Å². The first-order chi connectivity index (χ1) is 15.8. The normalized spacial score (nSPS) is 17.4. The summed E-state index contributed by atoms with van der Waals surface area (Å²) in [6, 6.07) is 8.68. The first kappa shape index (κ1) is 22.6. The van der Waals surface area contributed by atoms with Crippen LogP contribution in [0.4, 0.5) is 5.13 Å². The van der Waals surface area contributed by atoms with Crippen molar-refractivity contribution in [1.82, 2.24) is 9.97 Å². The van der Waals surface area contributed by atoms with Gasteiger partial charge in [-0.3, -0.25) is 19.5 Å². The van der Waals surface area contributed by atoms with E-state index in [1.54, 1.807) is 38.1 Å². The van der Waals surface area contributed by atoms with Gasteiger partial charge in [0.05, 0.1) is 23.9 Å². The molecule has 1 saturated heterocycles. The van der Waals surface area contributed by atoms with Crippen LogP contribution in [0.5, 0.6) is 0 Å². The van der Waals surface area contributed by atoms with E-state index in [0.29, 0.717) is 21.8 Å². The number of esters is 1. The first-order valence-corrected chi connectivity index (χ1v) is 11.1. The molecular formula is C23H18ClN3O5S. The molecule has 1 fully saturated rings. The summed E-state index contributed by atoms with van der Waals surface area (Å²) >= 11 is 6.98. The minimum Gasteiger partial charge on any atom is -0.507 e. The van der Waals surface area contributed by atoms with Crippen LogP contribution in [0.3, 0.4) is 0 Å². The van der Waals surface area contributed by atoms with Crippen LogP contribution in [-0.2, 0) is 14.3 Å².